The van der Waals surface area contributed by atoms with Crippen molar-refractivity contribution in [3.05, 3.63) is 23.8 Å². The van der Waals surface area contributed by atoms with Gasteiger partial charge in [-0.2, -0.15) is 0 Å². The summed E-state index contributed by atoms with van der Waals surface area (Å²) >= 11 is 0. The predicted octanol–water partition coefficient (Wildman–Crippen LogP) is 2.71. The minimum atomic E-state index is -0.393. The molecule has 1 saturated carbocycles. The molecule has 1 aliphatic rings. The van der Waals surface area contributed by atoms with Gasteiger partial charge in [0.25, 0.3) is 0 Å². The van der Waals surface area contributed by atoms with Crippen LogP contribution in [0.15, 0.2) is 18.2 Å². The van der Waals surface area contributed by atoms with Crippen LogP contribution in [-0.4, -0.2) is 17.7 Å². The van der Waals surface area contributed by atoms with E-state index in [9.17, 15) is 9.90 Å². The van der Waals surface area contributed by atoms with E-state index in [4.69, 9.17) is 10.5 Å². The average molecular weight is 249 g/mol. The van der Waals surface area contributed by atoms with E-state index >= 15 is 0 Å². The zero-order valence-electron chi connectivity index (χ0n) is 10.4. The molecule has 0 aromatic heterocycles. The summed E-state index contributed by atoms with van der Waals surface area (Å²) < 4.78 is 5.27. The van der Waals surface area contributed by atoms with Crippen molar-refractivity contribution in [1.29, 1.82) is 0 Å². The molecule has 18 heavy (non-hydrogen) atoms. The van der Waals surface area contributed by atoms with E-state index in [1.807, 2.05) is 0 Å². The van der Waals surface area contributed by atoms with Gasteiger partial charge in [-0.25, -0.2) is 4.79 Å². The van der Waals surface area contributed by atoms with Gasteiger partial charge in [0.1, 0.15) is 5.75 Å². The molecule has 0 unspecified atom stereocenters. The van der Waals surface area contributed by atoms with Gasteiger partial charge in [0.05, 0.1) is 17.9 Å². The Bertz CT molecular complexity index is 425. The zero-order valence-corrected chi connectivity index (χ0v) is 10.4. The largest absolute Gasteiger partial charge is 0.506 e. The van der Waals surface area contributed by atoms with E-state index in [2.05, 4.69) is 0 Å². The molecule has 1 aliphatic carbocycles. The van der Waals surface area contributed by atoms with Crippen LogP contribution in [0.4, 0.5) is 5.69 Å². The summed E-state index contributed by atoms with van der Waals surface area (Å²) in [6.45, 7) is 0.476. The monoisotopic (exact) mass is 249 g/mol. The molecule has 0 saturated heterocycles. The maximum atomic E-state index is 11.8. The van der Waals surface area contributed by atoms with Crippen molar-refractivity contribution in [2.24, 2.45) is 5.92 Å². The third-order valence-electron chi connectivity index (χ3n) is 3.44. The third kappa shape index (κ3) is 3.15. The predicted molar refractivity (Wildman–Crippen MR) is 69.4 cm³/mol. The van der Waals surface area contributed by atoms with Crippen molar-refractivity contribution in [2.45, 2.75) is 32.1 Å². The first-order valence-corrected chi connectivity index (χ1v) is 6.42. The molecule has 0 heterocycles. The molecular weight excluding hydrogens is 230 g/mol. The van der Waals surface area contributed by atoms with Gasteiger partial charge in [0.2, 0.25) is 0 Å². The van der Waals surface area contributed by atoms with E-state index in [0.29, 0.717) is 18.1 Å². The van der Waals surface area contributed by atoms with Crippen molar-refractivity contribution < 1.29 is 14.6 Å². The number of phenols is 1. The van der Waals surface area contributed by atoms with E-state index in [1.54, 1.807) is 6.07 Å². The number of carbonyl (C=O) groups is 1. The number of nitrogens with two attached hydrogens (primary N) is 1. The lowest BCUT2D eigenvalue weighted by molar-refractivity contribution is 0.0410. The molecule has 0 aliphatic heterocycles. The molecule has 0 spiro atoms. The molecule has 1 aromatic carbocycles. The molecule has 98 valence electrons. The number of ether oxygens (including phenoxy) is 1. The number of benzene rings is 1. The van der Waals surface area contributed by atoms with Crippen LogP contribution in [0.25, 0.3) is 0 Å². The van der Waals surface area contributed by atoms with Crippen molar-refractivity contribution in [1.82, 2.24) is 0 Å². The molecule has 0 amide bonds. The number of esters is 1. The van der Waals surface area contributed by atoms with Gasteiger partial charge in [0, 0.05) is 0 Å². The van der Waals surface area contributed by atoms with Crippen LogP contribution in [0.3, 0.4) is 0 Å². The number of anilines is 1. The second kappa shape index (κ2) is 5.76. The Balaban J connectivity index is 1.88. The number of phenolic OH excluding ortho intramolecular Hbond substituents is 1. The topological polar surface area (TPSA) is 72.6 Å². The van der Waals surface area contributed by atoms with Gasteiger partial charge in [-0.15, -0.1) is 0 Å². The highest BCUT2D eigenvalue weighted by atomic mass is 16.5. The van der Waals surface area contributed by atoms with E-state index in [0.717, 1.165) is 12.8 Å². The second-order valence-corrected chi connectivity index (χ2v) is 4.88. The van der Waals surface area contributed by atoms with Crippen LogP contribution in [0, 0.1) is 5.92 Å². The Morgan fingerprint density at radius 2 is 2.06 bits per heavy atom. The lowest BCUT2D eigenvalue weighted by Crippen LogP contribution is -2.16. The summed E-state index contributed by atoms with van der Waals surface area (Å²) in [5, 5.41) is 9.43. The normalized spacial score (nSPS) is 16.4. The maximum absolute atomic E-state index is 11.8. The van der Waals surface area contributed by atoms with Gasteiger partial charge in [0.15, 0.2) is 0 Å². The molecule has 0 bridgehead atoms. The van der Waals surface area contributed by atoms with Crippen molar-refractivity contribution in [2.75, 3.05) is 12.3 Å². The molecular formula is C14H19NO3. The van der Waals surface area contributed by atoms with E-state index in [1.165, 1.54) is 31.4 Å². The summed E-state index contributed by atoms with van der Waals surface area (Å²) in [7, 11) is 0. The molecule has 1 fully saturated rings. The molecule has 2 rings (SSSR count). The second-order valence-electron chi connectivity index (χ2n) is 4.88. The molecule has 4 heteroatoms. The van der Waals surface area contributed by atoms with Crippen LogP contribution >= 0.6 is 0 Å². The average Bonchev–Trinajstić information content (AvgIpc) is 2.40. The van der Waals surface area contributed by atoms with Crippen LogP contribution < -0.4 is 5.73 Å². The fourth-order valence-electron chi connectivity index (χ4n) is 2.30. The van der Waals surface area contributed by atoms with Crippen molar-refractivity contribution in [3.8, 4) is 5.75 Å². The van der Waals surface area contributed by atoms with Crippen molar-refractivity contribution >= 4 is 11.7 Å². The maximum Gasteiger partial charge on any atom is 0.338 e. The number of hydrogen-bond acceptors (Lipinski definition) is 4. The first kappa shape index (κ1) is 12.7. The first-order chi connectivity index (χ1) is 8.66. The van der Waals surface area contributed by atoms with Gasteiger partial charge in [-0.1, -0.05) is 19.3 Å². The third-order valence-corrected chi connectivity index (χ3v) is 3.44. The lowest BCUT2D eigenvalue weighted by Gasteiger charge is -2.21. The van der Waals surface area contributed by atoms with Crippen LogP contribution in [0.5, 0.6) is 5.75 Å². The fourth-order valence-corrected chi connectivity index (χ4v) is 2.30. The van der Waals surface area contributed by atoms with Crippen molar-refractivity contribution in [3.63, 3.8) is 0 Å². The van der Waals surface area contributed by atoms with Crippen LogP contribution in [-0.2, 0) is 4.74 Å². The summed E-state index contributed by atoms with van der Waals surface area (Å²) in [5.74, 6) is 0.0167. The minimum Gasteiger partial charge on any atom is -0.506 e. The number of carbonyl (C=O) groups excluding carboxylic acids is 1. The van der Waals surface area contributed by atoms with Gasteiger partial charge in [-0.3, -0.25) is 0 Å². The first-order valence-electron chi connectivity index (χ1n) is 6.42. The highest BCUT2D eigenvalue weighted by Gasteiger charge is 2.16. The summed E-state index contributed by atoms with van der Waals surface area (Å²) in [6.07, 6.45) is 6.02. The fraction of sp³-hybridized carbons (Fsp3) is 0.500. The van der Waals surface area contributed by atoms with E-state index < -0.39 is 5.97 Å². The van der Waals surface area contributed by atoms with Gasteiger partial charge >= 0.3 is 5.97 Å². The van der Waals surface area contributed by atoms with Gasteiger partial charge < -0.3 is 15.6 Å². The highest BCUT2D eigenvalue weighted by Crippen LogP contribution is 2.25. The highest BCUT2D eigenvalue weighted by molar-refractivity contribution is 5.90. The molecule has 0 radical (unpaired) electrons. The number of rotatable bonds is 3. The van der Waals surface area contributed by atoms with Gasteiger partial charge in [-0.05, 0) is 37.0 Å². The SMILES string of the molecule is Nc1ccc(C(=O)OCC2CCCCC2)cc1O. The Labute approximate surface area is 107 Å². The summed E-state index contributed by atoms with van der Waals surface area (Å²) in [5.41, 5.74) is 6.09. The Morgan fingerprint density at radius 1 is 1.33 bits per heavy atom. The molecule has 4 nitrogen and oxygen atoms in total. The van der Waals surface area contributed by atoms with Crippen LogP contribution in [0.2, 0.25) is 0 Å². The molecule has 0 atom stereocenters. The standard InChI is InChI=1S/C14H19NO3/c15-12-7-6-11(8-13(12)16)14(17)18-9-10-4-2-1-3-5-10/h6-8,10,16H,1-5,9,15H2. The number of hydrogen-bond donors (Lipinski definition) is 2. The number of aromatic hydroxyl groups is 1. The Morgan fingerprint density at radius 3 is 2.72 bits per heavy atom. The summed E-state index contributed by atoms with van der Waals surface area (Å²) in [6, 6.07) is 4.42. The Kier molecular flexibility index (Phi) is 4.07. The van der Waals surface area contributed by atoms with Crippen LogP contribution in [0.1, 0.15) is 42.5 Å². The minimum absolute atomic E-state index is 0.0814. The molecule has 3 N–H and O–H groups in total. The zero-order chi connectivity index (χ0) is 13.0. The molecule has 1 aromatic rings. The number of nitrogen functional groups attached to an aromatic ring is 1. The summed E-state index contributed by atoms with van der Waals surface area (Å²) in [4.78, 5) is 11.8. The van der Waals surface area contributed by atoms with E-state index in [-0.39, 0.29) is 11.4 Å². The Hall–Kier alpha value is -1.71. The lowest BCUT2D eigenvalue weighted by atomic mass is 9.90. The quantitative estimate of drug-likeness (QED) is 0.491. The smallest absolute Gasteiger partial charge is 0.338 e.